The van der Waals surface area contributed by atoms with Crippen LogP contribution in [0.15, 0.2) is 84.2 Å². The number of nitrogens with zero attached hydrogens (tertiary/aromatic N) is 3. The van der Waals surface area contributed by atoms with Crippen molar-refractivity contribution in [3.05, 3.63) is 84.2 Å². The van der Waals surface area contributed by atoms with E-state index in [1.165, 1.54) is 4.70 Å². The lowest BCUT2D eigenvalue weighted by atomic mass is 10.2. The summed E-state index contributed by atoms with van der Waals surface area (Å²) in [4.78, 5) is 13.4. The third kappa shape index (κ3) is 4.17. The van der Waals surface area contributed by atoms with Crippen molar-refractivity contribution in [1.82, 2.24) is 15.0 Å². The van der Waals surface area contributed by atoms with Gasteiger partial charge in [-0.15, -0.1) is 11.3 Å². The smallest absolute Gasteiger partial charge is 0.321 e. The number of anilines is 2. The van der Waals surface area contributed by atoms with Gasteiger partial charge >= 0.3 is 6.01 Å². The Bertz CT molecular complexity index is 1320. The zero-order valence-electron chi connectivity index (χ0n) is 16.6. The summed E-state index contributed by atoms with van der Waals surface area (Å²) in [5.41, 5.74) is 1.78. The Morgan fingerprint density at radius 1 is 0.774 bits per heavy atom. The Morgan fingerprint density at radius 2 is 1.52 bits per heavy atom. The first-order chi connectivity index (χ1) is 15.3. The van der Waals surface area contributed by atoms with E-state index < -0.39 is 0 Å². The summed E-state index contributed by atoms with van der Waals surface area (Å²) in [7, 11) is 1.55. The van der Waals surface area contributed by atoms with Gasteiger partial charge in [0.2, 0.25) is 5.95 Å². The summed E-state index contributed by atoms with van der Waals surface area (Å²) >= 11 is 1.66. The molecule has 0 saturated carbocycles. The Kier molecular flexibility index (Phi) is 5.16. The minimum Gasteiger partial charge on any atom is -0.467 e. The Morgan fingerprint density at radius 3 is 2.32 bits per heavy atom. The van der Waals surface area contributed by atoms with Crippen molar-refractivity contribution in [1.29, 1.82) is 0 Å². The fourth-order valence-corrected chi connectivity index (χ4v) is 4.07. The number of methoxy groups -OCH3 is 1. The van der Waals surface area contributed by atoms with Gasteiger partial charge in [0, 0.05) is 26.7 Å². The summed E-state index contributed by atoms with van der Waals surface area (Å²) in [5.74, 6) is 2.51. The summed E-state index contributed by atoms with van der Waals surface area (Å²) < 4.78 is 12.3. The maximum absolute atomic E-state index is 5.84. The highest BCUT2D eigenvalue weighted by Gasteiger charge is 2.13. The Balaban J connectivity index is 1.41. The number of rotatable bonds is 6. The summed E-state index contributed by atoms with van der Waals surface area (Å²) in [6.07, 6.45) is 0. The molecule has 0 atom stereocenters. The van der Waals surface area contributed by atoms with Gasteiger partial charge in [0.15, 0.2) is 5.82 Å². The summed E-state index contributed by atoms with van der Waals surface area (Å²) in [6.45, 7) is 0. The third-order valence-corrected chi connectivity index (χ3v) is 5.57. The lowest BCUT2D eigenvalue weighted by Gasteiger charge is -2.09. The van der Waals surface area contributed by atoms with Crippen molar-refractivity contribution in [2.45, 2.75) is 0 Å². The Hall–Kier alpha value is -3.97. The lowest BCUT2D eigenvalue weighted by Crippen LogP contribution is -2.03. The van der Waals surface area contributed by atoms with Gasteiger partial charge in [-0.05, 0) is 42.5 Å². The SMILES string of the molecule is COc1nc(Nc2ccc(Oc3ccccc3)cc2)nc(-c2csc3ccccc23)n1. The van der Waals surface area contributed by atoms with Crippen LogP contribution in [0.5, 0.6) is 17.5 Å². The normalized spacial score (nSPS) is 10.7. The van der Waals surface area contributed by atoms with Crippen LogP contribution >= 0.6 is 11.3 Å². The topological polar surface area (TPSA) is 69.2 Å². The summed E-state index contributed by atoms with van der Waals surface area (Å²) in [6, 6.07) is 25.7. The van der Waals surface area contributed by atoms with Gasteiger partial charge < -0.3 is 14.8 Å². The number of benzene rings is 3. The van der Waals surface area contributed by atoms with Crippen LogP contribution in [0.3, 0.4) is 0 Å². The molecule has 31 heavy (non-hydrogen) atoms. The fraction of sp³-hybridized carbons (Fsp3) is 0.0417. The molecule has 0 amide bonds. The molecule has 5 rings (SSSR count). The molecule has 0 bridgehead atoms. The molecule has 0 unspecified atom stereocenters. The zero-order valence-corrected chi connectivity index (χ0v) is 17.5. The van der Waals surface area contributed by atoms with Gasteiger partial charge in [-0.2, -0.15) is 15.0 Å². The van der Waals surface area contributed by atoms with Crippen molar-refractivity contribution in [2.24, 2.45) is 0 Å². The van der Waals surface area contributed by atoms with Gasteiger partial charge in [-0.25, -0.2) is 0 Å². The first kappa shape index (κ1) is 19.0. The van der Waals surface area contributed by atoms with Crippen LogP contribution in [0.4, 0.5) is 11.6 Å². The maximum atomic E-state index is 5.84. The van der Waals surface area contributed by atoms with Crippen molar-refractivity contribution in [2.75, 3.05) is 12.4 Å². The number of fused-ring (bicyclic) bond motifs is 1. The molecule has 6 nitrogen and oxygen atoms in total. The highest BCUT2D eigenvalue weighted by molar-refractivity contribution is 7.17. The maximum Gasteiger partial charge on any atom is 0.321 e. The van der Waals surface area contributed by atoms with E-state index in [9.17, 15) is 0 Å². The van der Waals surface area contributed by atoms with E-state index in [2.05, 4.69) is 37.8 Å². The molecule has 2 heterocycles. The minimum atomic E-state index is 0.256. The molecular formula is C24H18N4O2S. The van der Waals surface area contributed by atoms with Gasteiger partial charge in [0.05, 0.1) is 7.11 Å². The van der Waals surface area contributed by atoms with E-state index >= 15 is 0 Å². The van der Waals surface area contributed by atoms with E-state index in [0.29, 0.717) is 11.8 Å². The molecule has 0 fully saturated rings. The third-order valence-electron chi connectivity index (χ3n) is 4.61. The number of aromatic nitrogens is 3. The number of ether oxygens (including phenoxy) is 2. The molecule has 152 valence electrons. The monoisotopic (exact) mass is 426 g/mol. The highest BCUT2D eigenvalue weighted by atomic mass is 32.1. The average molecular weight is 427 g/mol. The average Bonchev–Trinajstić information content (AvgIpc) is 3.25. The standard InChI is InChI=1S/C24H18N4O2S/c1-29-24-27-22(20-15-31-21-10-6-5-9-19(20)21)26-23(28-24)25-16-11-13-18(14-12-16)30-17-7-3-2-4-8-17/h2-15H,1H3,(H,25,26,27,28). The van der Waals surface area contributed by atoms with E-state index in [1.54, 1.807) is 18.4 Å². The van der Waals surface area contributed by atoms with E-state index in [-0.39, 0.29) is 6.01 Å². The van der Waals surface area contributed by atoms with Gasteiger partial charge in [-0.3, -0.25) is 0 Å². The predicted octanol–water partition coefficient (Wildman–Crippen LogP) is 6.30. The van der Waals surface area contributed by atoms with Gasteiger partial charge in [0.25, 0.3) is 0 Å². The number of hydrogen-bond acceptors (Lipinski definition) is 7. The molecule has 2 aromatic heterocycles. The van der Waals surface area contributed by atoms with E-state index in [0.717, 1.165) is 28.1 Å². The molecule has 1 N–H and O–H groups in total. The quantitative estimate of drug-likeness (QED) is 0.344. The van der Waals surface area contributed by atoms with E-state index in [4.69, 9.17) is 9.47 Å². The second-order valence-corrected chi connectivity index (χ2v) is 7.59. The number of hydrogen-bond donors (Lipinski definition) is 1. The summed E-state index contributed by atoms with van der Waals surface area (Å²) in [5, 5.41) is 6.39. The van der Waals surface area contributed by atoms with Gasteiger partial charge in [0.1, 0.15) is 11.5 Å². The first-order valence-corrected chi connectivity index (χ1v) is 10.5. The van der Waals surface area contributed by atoms with Crippen molar-refractivity contribution in [3.8, 4) is 28.9 Å². The van der Waals surface area contributed by atoms with Crippen LogP contribution in [-0.2, 0) is 0 Å². The van der Waals surface area contributed by atoms with Crippen molar-refractivity contribution >= 4 is 33.1 Å². The second kappa shape index (κ2) is 8.41. The molecule has 0 radical (unpaired) electrons. The zero-order chi connectivity index (χ0) is 21.0. The highest BCUT2D eigenvalue weighted by Crippen LogP contribution is 2.33. The minimum absolute atomic E-state index is 0.256. The van der Waals surface area contributed by atoms with Crippen molar-refractivity contribution < 1.29 is 9.47 Å². The van der Waals surface area contributed by atoms with Crippen molar-refractivity contribution in [3.63, 3.8) is 0 Å². The number of para-hydroxylation sites is 1. The van der Waals surface area contributed by atoms with Gasteiger partial charge in [-0.1, -0.05) is 36.4 Å². The van der Waals surface area contributed by atoms with Crippen LogP contribution in [0.2, 0.25) is 0 Å². The Labute approximate surface area is 183 Å². The molecule has 0 saturated heterocycles. The molecule has 5 aromatic rings. The number of thiophene rings is 1. The first-order valence-electron chi connectivity index (χ1n) is 9.65. The largest absolute Gasteiger partial charge is 0.467 e. The van der Waals surface area contributed by atoms with Crippen LogP contribution in [-0.4, -0.2) is 22.1 Å². The molecule has 0 aliphatic carbocycles. The van der Waals surface area contributed by atoms with Crippen LogP contribution in [0, 0.1) is 0 Å². The van der Waals surface area contributed by atoms with Crippen LogP contribution in [0.1, 0.15) is 0 Å². The molecule has 3 aromatic carbocycles. The van der Waals surface area contributed by atoms with E-state index in [1.807, 2.05) is 66.7 Å². The lowest BCUT2D eigenvalue weighted by molar-refractivity contribution is 0.379. The fourth-order valence-electron chi connectivity index (χ4n) is 3.14. The molecule has 0 aliphatic rings. The predicted molar refractivity (Wildman–Crippen MR) is 123 cm³/mol. The molecule has 7 heteroatoms. The van der Waals surface area contributed by atoms with Crippen LogP contribution in [0.25, 0.3) is 21.5 Å². The number of nitrogens with one attached hydrogen (secondary N) is 1. The molecule has 0 aliphatic heterocycles. The molecule has 0 spiro atoms. The molecular weight excluding hydrogens is 408 g/mol. The second-order valence-electron chi connectivity index (χ2n) is 6.68. The van der Waals surface area contributed by atoms with Crippen LogP contribution < -0.4 is 14.8 Å².